The van der Waals surface area contributed by atoms with Crippen molar-refractivity contribution in [3.8, 4) is 0 Å². The first-order chi connectivity index (χ1) is 13.1. The number of morpholine rings is 1. The summed E-state index contributed by atoms with van der Waals surface area (Å²) in [7, 11) is 0. The van der Waals surface area contributed by atoms with Crippen LogP contribution in [0.15, 0.2) is 29.6 Å². The van der Waals surface area contributed by atoms with Crippen LogP contribution in [0.1, 0.15) is 29.1 Å². The van der Waals surface area contributed by atoms with E-state index >= 15 is 0 Å². The number of thiazole rings is 1. The Hall–Kier alpha value is -1.38. The van der Waals surface area contributed by atoms with Gasteiger partial charge < -0.3 is 9.84 Å². The molecule has 27 heavy (non-hydrogen) atoms. The maximum absolute atomic E-state index is 13.0. The lowest BCUT2D eigenvalue weighted by Gasteiger charge is -2.37. The molecule has 0 spiro atoms. The van der Waals surface area contributed by atoms with E-state index < -0.39 is 5.60 Å². The van der Waals surface area contributed by atoms with E-state index in [4.69, 9.17) is 9.72 Å². The van der Waals surface area contributed by atoms with E-state index in [1.54, 1.807) is 11.3 Å². The van der Waals surface area contributed by atoms with Crippen LogP contribution in [0.5, 0.6) is 0 Å². The Morgan fingerprint density at radius 1 is 1.04 bits per heavy atom. The average Bonchev–Trinajstić information content (AvgIpc) is 3.16. The van der Waals surface area contributed by atoms with Crippen molar-refractivity contribution >= 4 is 11.3 Å². The van der Waals surface area contributed by atoms with Gasteiger partial charge in [-0.3, -0.25) is 9.80 Å². The smallest absolute Gasteiger partial charge is 0.123 e. The van der Waals surface area contributed by atoms with Crippen molar-refractivity contribution in [1.82, 2.24) is 14.8 Å². The molecule has 0 unspecified atom stereocenters. The Morgan fingerprint density at radius 2 is 1.70 bits per heavy atom. The molecule has 0 bridgehead atoms. The lowest BCUT2D eigenvalue weighted by molar-refractivity contribution is -0.0308. The molecule has 0 aliphatic carbocycles. The van der Waals surface area contributed by atoms with Crippen molar-refractivity contribution in [3.63, 3.8) is 0 Å². The van der Waals surface area contributed by atoms with Crippen LogP contribution in [0.2, 0.25) is 0 Å². The van der Waals surface area contributed by atoms with Gasteiger partial charge in [-0.05, 0) is 30.5 Å². The number of halogens is 1. The molecular formula is C20H26FN3O2S. The third kappa shape index (κ3) is 4.73. The van der Waals surface area contributed by atoms with Crippen LogP contribution in [-0.2, 0) is 23.4 Å². The van der Waals surface area contributed by atoms with Gasteiger partial charge in [0, 0.05) is 38.1 Å². The minimum absolute atomic E-state index is 0.205. The molecule has 2 aliphatic rings. The number of aromatic nitrogens is 1. The van der Waals surface area contributed by atoms with Crippen LogP contribution in [0.3, 0.4) is 0 Å². The van der Waals surface area contributed by atoms with Crippen LogP contribution in [0, 0.1) is 5.82 Å². The van der Waals surface area contributed by atoms with Gasteiger partial charge in [0.15, 0.2) is 0 Å². The number of hydrogen-bond donors (Lipinski definition) is 1. The number of aliphatic hydroxyl groups is 1. The molecule has 0 atom stereocenters. The second kappa shape index (κ2) is 8.32. The van der Waals surface area contributed by atoms with Crippen LogP contribution >= 0.6 is 11.3 Å². The predicted octanol–water partition coefficient (Wildman–Crippen LogP) is 2.60. The fourth-order valence-electron chi connectivity index (χ4n) is 3.73. The number of rotatable bonds is 5. The SMILES string of the molecule is OC1(c2csc(CN3CCOCC3)n2)CCN(Cc2ccc(F)cc2)CC1. The third-order valence-electron chi connectivity index (χ3n) is 5.49. The number of piperidine rings is 1. The van der Waals surface area contributed by atoms with Gasteiger partial charge in [0.25, 0.3) is 0 Å². The Labute approximate surface area is 163 Å². The van der Waals surface area contributed by atoms with E-state index in [9.17, 15) is 9.50 Å². The maximum Gasteiger partial charge on any atom is 0.123 e. The van der Waals surface area contributed by atoms with Crippen LogP contribution < -0.4 is 0 Å². The lowest BCUT2D eigenvalue weighted by atomic mass is 9.88. The van der Waals surface area contributed by atoms with Gasteiger partial charge in [0.2, 0.25) is 0 Å². The van der Waals surface area contributed by atoms with Gasteiger partial charge in [-0.25, -0.2) is 9.37 Å². The van der Waals surface area contributed by atoms with Gasteiger partial charge in [0.1, 0.15) is 16.4 Å². The van der Waals surface area contributed by atoms with Gasteiger partial charge in [-0.2, -0.15) is 0 Å². The molecule has 1 aromatic carbocycles. The molecule has 1 aromatic heterocycles. The van der Waals surface area contributed by atoms with Gasteiger partial charge in [-0.15, -0.1) is 11.3 Å². The molecule has 2 aliphatic heterocycles. The predicted molar refractivity (Wildman–Crippen MR) is 103 cm³/mol. The number of ether oxygens (including phenoxy) is 1. The van der Waals surface area contributed by atoms with Crippen LogP contribution in [0.4, 0.5) is 4.39 Å². The molecule has 0 amide bonds. The summed E-state index contributed by atoms with van der Waals surface area (Å²) in [6.07, 6.45) is 1.35. The van der Waals surface area contributed by atoms with E-state index in [2.05, 4.69) is 9.80 Å². The van der Waals surface area contributed by atoms with E-state index in [1.807, 2.05) is 17.5 Å². The fraction of sp³-hybridized carbons (Fsp3) is 0.550. The fourth-order valence-corrected chi connectivity index (χ4v) is 4.66. The molecule has 4 rings (SSSR count). The summed E-state index contributed by atoms with van der Waals surface area (Å²) in [5, 5.41) is 14.2. The van der Waals surface area contributed by atoms with Gasteiger partial charge >= 0.3 is 0 Å². The Bertz CT molecular complexity index is 738. The number of likely N-dealkylation sites (tertiary alicyclic amines) is 1. The molecule has 146 valence electrons. The van der Waals surface area contributed by atoms with Crippen molar-refractivity contribution in [1.29, 1.82) is 0 Å². The van der Waals surface area contributed by atoms with Crippen molar-refractivity contribution in [2.24, 2.45) is 0 Å². The van der Waals surface area contributed by atoms with Crippen molar-refractivity contribution < 1.29 is 14.2 Å². The van der Waals surface area contributed by atoms with E-state index in [0.29, 0.717) is 12.8 Å². The first-order valence-corrected chi connectivity index (χ1v) is 10.4. The number of hydrogen-bond acceptors (Lipinski definition) is 6. The molecule has 0 radical (unpaired) electrons. The normalized spacial score (nSPS) is 21.4. The quantitative estimate of drug-likeness (QED) is 0.849. The zero-order valence-electron chi connectivity index (χ0n) is 15.4. The highest BCUT2D eigenvalue weighted by atomic mass is 32.1. The highest BCUT2D eigenvalue weighted by Gasteiger charge is 2.36. The highest BCUT2D eigenvalue weighted by molar-refractivity contribution is 7.09. The molecule has 0 saturated carbocycles. The largest absolute Gasteiger partial charge is 0.383 e. The second-order valence-electron chi connectivity index (χ2n) is 7.45. The summed E-state index contributed by atoms with van der Waals surface area (Å²) >= 11 is 1.64. The van der Waals surface area contributed by atoms with Crippen molar-refractivity contribution in [2.45, 2.75) is 31.5 Å². The Kier molecular flexibility index (Phi) is 5.85. The summed E-state index contributed by atoms with van der Waals surface area (Å²) in [4.78, 5) is 9.40. The highest BCUT2D eigenvalue weighted by Crippen LogP contribution is 2.34. The van der Waals surface area contributed by atoms with Crippen molar-refractivity contribution in [3.05, 3.63) is 51.7 Å². The first-order valence-electron chi connectivity index (χ1n) is 9.55. The minimum Gasteiger partial charge on any atom is -0.383 e. The van der Waals surface area contributed by atoms with Crippen molar-refractivity contribution in [2.75, 3.05) is 39.4 Å². The molecule has 5 nitrogen and oxygen atoms in total. The standard InChI is InChI=1S/C20H26FN3O2S/c21-17-3-1-16(2-4-17)13-23-7-5-20(25,6-8-23)18-15-27-19(22-18)14-24-9-11-26-12-10-24/h1-4,15,25H,5-14H2. The van der Waals surface area contributed by atoms with E-state index in [1.165, 1.54) is 12.1 Å². The minimum atomic E-state index is -0.834. The Morgan fingerprint density at radius 3 is 2.41 bits per heavy atom. The second-order valence-corrected chi connectivity index (χ2v) is 8.39. The van der Waals surface area contributed by atoms with Crippen LogP contribution in [-0.4, -0.2) is 59.3 Å². The zero-order chi connectivity index (χ0) is 18.7. The molecular weight excluding hydrogens is 365 g/mol. The first kappa shape index (κ1) is 19.0. The summed E-state index contributed by atoms with van der Waals surface area (Å²) < 4.78 is 18.4. The van der Waals surface area contributed by atoms with E-state index in [-0.39, 0.29) is 5.82 Å². The molecule has 2 fully saturated rings. The summed E-state index contributed by atoms with van der Waals surface area (Å²) in [5.41, 5.74) is 1.08. The van der Waals surface area contributed by atoms with Gasteiger partial charge in [0.05, 0.1) is 25.5 Å². The lowest BCUT2D eigenvalue weighted by Crippen LogP contribution is -2.42. The monoisotopic (exact) mass is 391 g/mol. The van der Waals surface area contributed by atoms with Gasteiger partial charge in [-0.1, -0.05) is 12.1 Å². The zero-order valence-corrected chi connectivity index (χ0v) is 16.3. The molecule has 3 heterocycles. The summed E-state index contributed by atoms with van der Waals surface area (Å²) in [6, 6.07) is 6.66. The third-order valence-corrected chi connectivity index (χ3v) is 6.33. The maximum atomic E-state index is 13.0. The summed E-state index contributed by atoms with van der Waals surface area (Å²) in [5.74, 6) is -0.205. The number of nitrogens with zero attached hydrogens (tertiary/aromatic N) is 3. The molecule has 2 aromatic rings. The topological polar surface area (TPSA) is 48.8 Å². The van der Waals surface area contributed by atoms with Crippen LogP contribution in [0.25, 0.3) is 0 Å². The molecule has 7 heteroatoms. The molecule has 1 N–H and O–H groups in total. The molecule has 2 saturated heterocycles. The Balaban J connectivity index is 1.32. The number of benzene rings is 1. The summed E-state index contributed by atoms with van der Waals surface area (Å²) in [6.45, 7) is 6.69. The van der Waals surface area contributed by atoms with E-state index in [0.717, 1.165) is 68.7 Å². The average molecular weight is 392 g/mol.